The number of hydrogen-bond donors (Lipinski definition) is 1. The van der Waals surface area contributed by atoms with Gasteiger partial charge in [0.15, 0.2) is 0 Å². The summed E-state index contributed by atoms with van der Waals surface area (Å²) < 4.78 is 39.7. The zero-order chi connectivity index (χ0) is 14.3. The molecule has 0 radical (unpaired) electrons. The highest BCUT2D eigenvalue weighted by Crippen LogP contribution is 2.42. The molecule has 1 saturated carbocycles. The van der Waals surface area contributed by atoms with E-state index >= 15 is 0 Å². The fourth-order valence-corrected chi connectivity index (χ4v) is 2.32. The lowest BCUT2D eigenvalue weighted by molar-refractivity contribution is -0.387. The minimum absolute atomic E-state index is 0.0251. The Kier molecular flexibility index (Phi) is 3.25. The van der Waals surface area contributed by atoms with Crippen LogP contribution in [0.25, 0.3) is 0 Å². The lowest BCUT2D eigenvalue weighted by atomic mass is 9.76. The monoisotopic (exact) mass is 274 g/mol. The lowest BCUT2D eigenvalue weighted by Crippen LogP contribution is -2.43. The van der Waals surface area contributed by atoms with Crippen molar-refractivity contribution in [2.75, 3.05) is 0 Å². The van der Waals surface area contributed by atoms with Crippen LogP contribution in [0.5, 0.6) is 0 Å². The highest BCUT2D eigenvalue weighted by atomic mass is 19.3. The third-order valence-corrected chi connectivity index (χ3v) is 3.59. The summed E-state index contributed by atoms with van der Waals surface area (Å²) in [6.45, 7) is 0. The Hall–Kier alpha value is -1.63. The number of rotatable bonds is 2. The Morgan fingerprint density at radius 1 is 1.21 bits per heavy atom. The van der Waals surface area contributed by atoms with Crippen molar-refractivity contribution in [3.63, 3.8) is 0 Å². The largest absolute Gasteiger partial charge is 0.321 e. The Morgan fingerprint density at radius 3 is 2.26 bits per heavy atom. The van der Waals surface area contributed by atoms with Crippen molar-refractivity contribution in [2.24, 2.45) is 5.73 Å². The summed E-state index contributed by atoms with van der Waals surface area (Å²) in [5.74, 6) is -3.73. The van der Waals surface area contributed by atoms with Crippen LogP contribution >= 0.6 is 0 Å². The van der Waals surface area contributed by atoms with E-state index in [9.17, 15) is 23.3 Å². The number of halogens is 3. The number of nitro groups is 1. The Balaban J connectivity index is 2.27. The Bertz CT molecular complexity index is 510. The number of nitro benzene ring substituents is 1. The van der Waals surface area contributed by atoms with Crippen LogP contribution in [0.3, 0.4) is 0 Å². The maximum Gasteiger partial charge on any atom is 0.304 e. The van der Waals surface area contributed by atoms with Crippen molar-refractivity contribution in [3.05, 3.63) is 39.7 Å². The number of nitrogens with two attached hydrogens (primary N) is 1. The van der Waals surface area contributed by atoms with Gasteiger partial charge in [0.05, 0.1) is 4.92 Å². The molecule has 4 nitrogen and oxygen atoms in total. The maximum absolute atomic E-state index is 13.5. The standard InChI is InChI=1S/C12H13F3N2O2/c13-9-7-8(1-2-10(9)17(18)19)11(16)3-5-12(14,15)6-4-11/h1-2,7H,3-6,16H2. The van der Waals surface area contributed by atoms with Gasteiger partial charge in [0.1, 0.15) is 0 Å². The summed E-state index contributed by atoms with van der Waals surface area (Å²) in [6, 6.07) is 3.33. The average molecular weight is 274 g/mol. The molecule has 7 heteroatoms. The van der Waals surface area contributed by atoms with Crippen molar-refractivity contribution in [1.29, 1.82) is 0 Å². The molecular formula is C12H13F3N2O2. The molecule has 2 N–H and O–H groups in total. The second kappa shape index (κ2) is 4.48. The van der Waals surface area contributed by atoms with Crippen LogP contribution in [0.1, 0.15) is 31.2 Å². The van der Waals surface area contributed by atoms with E-state index in [2.05, 4.69) is 0 Å². The van der Waals surface area contributed by atoms with Crippen molar-refractivity contribution >= 4 is 5.69 Å². The molecule has 0 amide bonds. The highest BCUT2D eigenvalue weighted by Gasteiger charge is 2.42. The summed E-state index contributed by atoms with van der Waals surface area (Å²) in [6.07, 6.45) is -0.668. The van der Waals surface area contributed by atoms with Gasteiger partial charge in [0.25, 0.3) is 0 Å². The maximum atomic E-state index is 13.5. The van der Waals surface area contributed by atoms with E-state index in [4.69, 9.17) is 5.73 Å². The molecule has 2 rings (SSSR count). The minimum atomic E-state index is -2.73. The third-order valence-electron chi connectivity index (χ3n) is 3.59. The lowest BCUT2D eigenvalue weighted by Gasteiger charge is -2.37. The van der Waals surface area contributed by atoms with Crippen LogP contribution in [0.15, 0.2) is 18.2 Å². The zero-order valence-corrected chi connectivity index (χ0v) is 10.0. The SMILES string of the molecule is NC1(c2ccc([N+](=O)[O-])c(F)c2)CCC(F)(F)CC1. The van der Waals surface area contributed by atoms with Gasteiger partial charge in [-0.15, -0.1) is 0 Å². The second-order valence-corrected chi connectivity index (χ2v) is 4.94. The average Bonchev–Trinajstić information content (AvgIpc) is 2.33. The normalized spacial score (nSPS) is 21.1. The first-order valence-electron chi connectivity index (χ1n) is 5.85. The van der Waals surface area contributed by atoms with E-state index < -0.39 is 27.9 Å². The molecule has 0 saturated heterocycles. The second-order valence-electron chi connectivity index (χ2n) is 4.94. The summed E-state index contributed by atoms with van der Waals surface area (Å²) in [5, 5.41) is 10.5. The summed E-state index contributed by atoms with van der Waals surface area (Å²) in [4.78, 5) is 9.67. The van der Waals surface area contributed by atoms with Crippen LogP contribution < -0.4 is 5.73 Å². The van der Waals surface area contributed by atoms with Gasteiger partial charge in [-0.25, -0.2) is 8.78 Å². The topological polar surface area (TPSA) is 69.2 Å². The van der Waals surface area contributed by atoms with Crippen molar-refractivity contribution in [2.45, 2.75) is 37.1 Å². The van der Waals surface area contributed by atoms with Gasteiger partial charge in [-0.05, 0) is 24.5 Å². The van der Waals surface area contributed by atoms with Crippen molar-refractivity contribution < 1.29 is 18.1 Å². The van der Waals surface area contributed by atoms with Crippen LogP contribution in [-0.2, 0) is 5.54 Å². The molecule has 19 heavy (non-hydrogen) atoms. The van der Waals surface area contributed by atoms with Crippen LogP contribution in [0.4, 0.5) is 18.9 Å². The fraction of sp³-hybridized carbons (Fsp3) is 0.500. The first-order valence-corrected chi connectivity index (χ1v) is 5.85. The molecule has 1 aliphatic carbocycles. The number of nitrogens with zero attached hydrogens (tertiary/aromatic N) is 1. The molecule has 1 aromatic carbocycles. The number of hydrogen-bond acceptors (Lipinski definition) is 3. The Labute approximate surface area is 107 Å². The predicted molar refractivity (Wildman–Crippen MR) is 62.3 cm³/mol. The predicted octanol–water partition coefficient (Wildman–Crippen LogP) is 3.10. The molecule has 104 valence electrons. The summed E-state index contributed by atoms with van der Waals surface area (Å²) in [5.41, 5.74) is 4.66. The number of benzene rings is 1. The molecule has 1 aliphatic rings. The first-order chi connectivity index (χ1) is 8.73. The molecular weight excluding hydrogens is 261 g/mol. The highest BCUT2D eigenvalue weighted by molar-refractivity contribution is 5.38. The zero-order valence-electron chi connectivity index (χ0n) is 10.0. The van der Waals surface area contributed by atoms with E-state index in [0.717, 1.165) is 12.1 Å². The van der Waals surface area contributed by atoms with E-state index in [1.165, 1.54) is 6.07 Å². The van der Waals surface area contributed by atoms with Crippen molar-refractivity contribution in [1.82, 2.24) is 0 Å². The molecule has 0 aromatic heterocycles. The van der Waals surface area contributed by atoms with Crippen LogP contribution in [0, 0.1) is 15.9 Å². The quantitative estimate of drug-likeness (QED) is 0.665. The molecule has 0 aliphatic heterocycles. The van der Waals surface area contributed by atoms with Crippen LogP contribution in [-0.4, -0.2) is 10.8 Å². The van der Waals surface area contributed by atoms with E-state index in [1.807, 2.05) is 0 Å². The molecule has 0 unspecified atom stereocenters. The van der Waals surface area contributed by atoms with Crippen LogP contribution in [0.2, 0.25) is 0 Å². The summed E-state index contributed by atoms with van der Waals surface area (Å²) >= 11 is 0. The Morgan fingerprint density at radius 2 is 1.79 bits per heavy atom. The van der Waals surface area contributed by atoms with Gasteiger partial charge >= 0.3 is 5.69 Å². The molecule has 0 atom stereocenters. The van der Waals surface area contributed by atoms with Gasteiger partial charge in [0.2, 0.25) is 11.7 Å². The van der Waals surface area contributed by atoms with Gasteiger partial charge in [-0.3, -0.25) is 10.1 Å². The van der Waals surface area contributed by atoms with Gasteiger partial charge in [0, 0.05) is 24.4 Å². The molecule has 1 aromatic rings. The third kappa shape index (κ3) is 2.70. The van der Waals surface area contributed by atoms with Gasteiger partial charge in [-0.1, -0.05) is 6.07 Å². The fourth-order valence-electron chi connectivity index (χ4n) is 2.32. The molecule has 0 bridgehead atoms. The number of alkyl halides is 2. The molecule has 1 fully saturated rings. The minimum Gasteiger partial charge on any atom is -0.321 e. The van der Waals surface area contributed by atoms with Crippen molar-refractivity contribution in [3.8, 4) is 0 Å². The van der Waals surface area contributed by atoms with E-state index in [0.29, 0.717) is 5.56 Å². The van der Waals surface area contributed by atoms with Gasteiger partial charge < -0.3 is 5.73 Å². The summed E-state index contributed by atoms with van der Waals surface area (Å²) in [7, 11) is 0. The van der Waals surface area contributed by atoms with E-state index in [1.54, 1.807) is 0 Å². The van der Waals surface area contributed by atoms with E-state index in [-0.39, 0.29) is 25.7 Å². The smallest absolute Gasteiger partial charge is 0.304 e. The first kappa shape index (κ1) is 13.8. The molecule has 0 heterocycles. The van der Waals surface area contributed by atoms with Gasteiger partial charge in [-0.2, -0.15) is 4.39 Å². The molecule has 0 spiro atoms.